The molecule has 10 heteroatoms. The Labute approximate surface area is 138 Å². The second-order valence-corrected chi connectivity index (χ2v) is 4.36. The summed E-state index contributed by atoms with van der Waals surface area (Å²) in [5.74, 6) is 0. The zero-order chi connectivity index (χ0) is 10.9. The summed E-state index contributed by atoms with van der Waals surface area (Å²) >= 11 is 0. The number of hydrogen-bond acceptors (Lipinski definition) is 7. The number of ether oxygens (including phenoxy) is 1. The SMILES string of the molecule is C[C@@H]1C[C@H](N)[C@@H](O)[C@@H](OP(=O)([O-])[O-])O1.[Na+].[Na+]. The fourth-order valence-corrected chi connectivity index (χ4v) is 1.73. The number of aliphatic hydroxyl groups is 1. The van der Waals surface area contributed by atoms with Crippen molar-refractivity contribution in [1.29, 1.82) is 0 Å². The summed E-state index contributed by atoms with van der Waals surface area (Å²) in [5.41, 5.74) is 5.47. The summed E-state index contributed by atoms with van der Waals surface area (Å²) in [7, 11) is -5.17. The molecule has 1 fully saturated rings. The van der Waals surface area contributed by atoms with Crippen LogP contribution in [0.5, 0.6) is 0 Å². The van der Waals surface area contributed by atoms with Crippen molar-refractivity contribution < 1.29 is 87.8 Å². The smallest absolute Gasteiger partial charge is 0.790 e. The van der Waals surface area contributed by atoms with Gasteiger partial charge < -0.3 is 34.5 Å². The molecule has 0 aromatic rings. The number of hydrogen-bond donors (Lipinski definition) is 2. The summed E-state index contributed by atoms with van der Waals surface area (Å²) in [6.45, 7) is 1.64. The normalized spacial score (nSPS) is 34.8. The van der Waals surface area contributed by atoms with Crippen molar-refractivity contribution >= 4 is 7.82 Å². The van der Waals surface area contributed by atoms with Crippen molar-refractivity contribution in [2.45, 2.75) is 37.9 Å². The monoisotopic (exact) mass is 271 g/mol. The van der Waals surface area contributed by atoms with Crippen molar-refractivity contribution in [3.8, 4) is 0 Å². The third kappa shape index (κ3) is 6.80. The van der Waals surface area contributed by atoms with Crippen molar-refractivity contribution in [2.75, 3.05) is 0 Å². The third-order valence-electron chi connectivity index (χ3n) is 1.92. The van der Waals surface area contributed by atoms with Crippen LogP contribution in [-0.4, -0.2) is 29.6 Å². The Morgan fingerprint density at radius 3 is 2.44 bits per heavy atom. The Bertz CT molecular complexity index is 251. The van der Waals surface area contributed by atoms with Gasteiger partial charge in [0.25, 0.3) is 0 Å². The number of phosphoric ester groups is 1. The average molecular weight is 271 g/mol. The van der Waals surface area contributed by atoms with E-state index in [0.717, 1.165) is 0 Å². The Hall–Kier alpha value is 1.99. The molecule has 1 rings (SSSR count). The van der Waals surface area contributed by atoms with Crippen molar-refractivity contribution in [3.05, 3.63) is 0 Å². The first-order chi connectivity index (χ1) is 6.29. The van der Waals surface area contributed by atoms with Crippen LogP contribution in [0.15, 0.2) is 0 Å². The molecule has 0 aromatic heterocycles. The predicted molar refractivity (Wildman–Crippen MR) is 41.6 cm³/mol. The molecule has 0 amide bonds. The fourth-order valence-electron chi connectivity index (χ4n) is 1.30. The molecule has 0 aromatic carbocycles. The maximum atomic E-state index is 10.3. The Morgan fingerprint density at radius 2 is 2.00 bits per heavy atom. The minimum atomic E-state index is -5.17. The van der Waals surface area contributed by atoms with Gasteiger partial charge in [-0.2, -0.15) is 0 Å². The molecule has 1 heterocycles. The molecular weight excluding hydrogens is 259 g/mol. The second kappa shape index (κ2) is 8.22. The quantitative estimate of drug-likeness (QED) is 0.377. The Morgan fingerprint density at radius 1 is 1.50 bits per heavy atom. The summed E-state index contributed by atoms with van der Waals surface area (Å²) in [4.78, 5) is 20.6. The van der Waals surface area contributed by atoms with Crippen LogP contribution in [0.2, 0.25) is 0 Å². The van der Waals surface area contributed by atoms with Crippen LogP contribution in [0.4, 0.5) is 0 Å². The van der Waals surface area contributed by atoms with Crippen molar-refractivity contribution in [2.24, 2.45) is 5.73 Å². The van der Waals surface area contributed by atoms with E-state index in [1.165, 1.54) is 0 Å². The van der Waals surface area contributed by atoms with Gasteiger partial charge in [-0.3, -0.25) is 0 Å². The first kappa shape index (κ1) is 20.3. The largest absolute Gasteiger partial charge is 1.00 e. The van der Waals surface area contributed by atoms with E-state index in [1.807, 2.05) is 0 Å². The van der Waals surface area contributed by atoms with Gasteiger partial charge in [0.05, 0.1) is 13.9 Å². The molecule has 1 aliphatic heterocycles. The number of rotatable bonds is 2. The maximum absolute atomic E-state index is 10.3. The number of nitrogens with two attached hydrogens (primary N) is 1. The van der Waals surface area contributed by atoms with E-state index in [9.17, 15) is 19.5 Å². The van der Waals surface area contributed by atoms with Crippen molar-refractivity contribution in [3.63, 3.8) is 0 Å². The molecule has 16 heavy (non-hydrogen) atoms. The molecule has 0 saturated carbocycles. The minimum Gasteiger partial charge on any atom is -0.790 e. The summed E-state index contributed by atoms with van der Waals surface area (Å²) < 4.78 is 19.2. The van der Waals surface area contributed by atoms with E-state index in [0.29, 0.717) is 6.42 Å². The third-order valence-corrected chi connectivity index (χ3v) is 2.39. The average Bonchev–Trinajstić information content (AvgIpc) is 1.96. The first-order valence-electron chi connectivity index (χ1n) is 4.09. The van der Waals surface area contributed by atoms with E-state index < -0.39 is 26.3 Å². The fraction of sp³-hybridized carbons (Fsp3) is 1.00. The number of aliphatic hydroxyl groups excluding tert-OH is 1. The van der Waals surface area contributed by atoms with Gasteiger partial charge in [0.2, 0.25) is 0 Å². The predicted octanol–water partition coefficient (Wildman–Crippen LogP) is -8.34. The summed E-state index contributed by atoms with van der Waals surface area (Å²) in [6, 6.07) is -0.657. The van der Waals surface area contributed by atoms with Crippen LogP contribution in [0, 0.1) is 0 Å². The zero-order valence-electron chi connectivity index (χ0n) is 9.53. The molecule has 7 nitrogen and oxygen atoms in total. The number of phosphoric acid groups is 1. The molecule has 3 N–H and O–H groups in total. The summed E-state index contributed by atoms with van der Waals surface area (Å²) in [5, 5.41) is 9.34. The van der Waals surface area contributed by atoms with E-state index >= 15 is 0 Å². The van der Waals surface area contributed by atoms with Crippen LogP contribution in [0.25, 0.3) is 0 Å². The van der Waals surface area contributed by atoms with E-state index in [-0.39, 0.29) is 65.2 Å². The van der Waals surface area contributed by atoms with Gasteiger partial charge >= 0.3 is 59.1 Å². The molecule has 0 radical (unpaired) electrons. The van der Waals surface area contributed by atoms with Crippen molar-refractivity contribution in [1.82, 2.24) is 0 Å². The molecule has 1 saturated heterocycles. The van der Waals surface area contributed by atoms with Crippen LogP contribution in [0.3, 0.4) is 0 Å². The Balaban J connectivity index is 0. The standard InChI is InChI=1S/C6H14NO6P.2Na/c1-3-2-4(7)5(8)6(12-3)13-14(9,10)11;;/h3-6,8H,2,7H2,1H3,(H2,9,10,11);;/q;2*+1/p-2/t3-,4+,5-,6-;;/m1../s1. The maximum Gasteiger partial charge on any atom is 1.00 e. The van der Waals surface area contributed by atoms with Gasteiger partial charge in [0.1, 0.15) is 6.10 Å². The molecule has 84 valence electrons. The van der Waals surface area contributed by atoms with Gasteiger partial charge in [-0.15, -0.1) is 0 Å². The molecule has 0 aliphatic carbocycles. The molecule has 0 spiro atoms. The van der Waals surface area contributed by atoms with E-state index in [4.69, 9.17) is 10.5 Å². The van der Waals surface area contributed by atoms with Gasteiger partial charge in [-0.1, -0.05) is 0 Å². The molecular formula is C6H12NNa2O6P. The topological polar surface area (TPSA) is 128 Å². The second-order valence-electron chi connectivity index (χ2n) is 3.26. The van der Waals surface area contributed by atoms with E-state index in [1.54, 1.807) is 6.92 Å². The molecule has 0 bridgehead atoms. The zero-order valence-corrected chi connectivity index (χ0v) is 14.4. The molecule has 0 unspecified atom stereocenters. The van der Waals surface area contributed by atoms with Crippen LogP contribution in [-0.2, 0) is 13.8 Å². The van der Waals surface area contributed by atoms with Gasteiger partial charge in [0.15, 0.2) is 6.29 Å². The molecule has 4 atom stereocenters. The van der Waals surface area contributed by atoms with Gasteiger partial charge in [0, 0.05) is 6.04 Å². The van der Waals surface area contributed by atoms with E-state index in [2.05, 4.69) is 4.52 Å². The van der Waals surface area contributed by atoms with Crippen LogP contribution in [0.1, 0.15) is 13.3 Å². The summed E-state index contributed by atoms with van der Waals surface area (Å²) in [6.07, 6.45) is -2.77. The minimum absolute atomic E-state index is 0. The van der Waals surface area contributed by atoms with Crippen LogP contribution >= 0.6 is 7.82 Å². The van der Waals surface area contributed by atoms with Gasteiger partial charge in [-0.05, 0) is 13.3 Å². The first-order valence-corrected chi connectivity index (χ1v) is 5.55. The Kier molecular flexibility index (Phi) is 10.4. The molecule has 1 aliphatic rings. The van der Waals surface area contributed by atoms with Gasteiger partial charge in [-0.25, -0.2) is 0 Å². The van der Waals surface area contributed by atoms with Crippen LogP contribution < -0.4 is 74.6 Å².